The van der Waals surface area contributed by atoms with Gasteiger partial charge in [0.2, 0.25) is 0 Å². The number of hydrogen-bond acceptors (Lipinski definition) is 3. The summed E-state index contributed by atoms with van der Waals surface area (Å²) in [6.07, 6.45) is 5.21. The van der Waals surface area contributed by atoms with Gasteiger partial charge in [-0.3, -0.25) is 4.90 Å². The smallest absolute Gasteiger partial charge is 0.0593 e. The van der Waals surface area contributed by atoms with Crippen LogP contribution in [0, 0.1) is 11.8 Å². The highest BCUT2D eigenvalue weighted by atomic mass is 16.5. The van der Waals surface area contributed by atoms with Crippen molar-refractivity contribution in [1.29, 1.82) is 0 Å². The summed E-state index contributed by atoms with van der Waals surface area (Å²) < 4.78 is 5.49. The van der Waals surface area contributed by atoms with Gasteiger partial charge in [-0.1, -0.05) is 13.8 Å². The molecule has 18 heavy (non-hydrogen) atoms. The molecule has 3 nitrogen and oxygen atoms in total. The van der Waals surface area contributed by atoms with Gasteiger partial charge in [-0.2, -0.15) is 0 Å². The quantitative estimate of drug-likeness (QED) is 0.610. The molecule has 1 unspecified atom stereocenters. The molecule has 0 saturated heterocycles. The van der Waals surface area contributed by atoms with Crippen LogP contribution in [-0.2, 0) is 4.74 Å². The van der Waals surface area contributed by atoms with Crippen molar-refractivity contribution in [1.82, 2.24) is 4.90 Å². The van der Waals surface area contributed by atoms with E-state index < -0.39 is 0 Å². The third kappa shape index (κ3) is 4.22. The highest BCUT2D eigenvalue weighted by Crippen LogP contribution is 2.45. The molecule has 0 spiro atoms. The lowest BCUT2D eigenvalue weighted by molar-refractivity contribution is 0.0461. The normalized spacial score (nSPS) is 19.5. The zero-order chi connectivity index (χ0) is 13.6. The first-order chi connectivity index (χ1) is 8.56. The summed E-state index contributed by atoms with van der Waals surface area (Å²) >= 11 is 0. The Hall–Kier alpha value is -0.120. The van der Waals surface area contributed by atoms with Gasteiger partial charge in [0.05, 0.1) is 6.61 Å². The number of ether oxygens (including phenoxy) is 1. The summed E-state index contributed by atoms with van der Waals surface area (Å²) in [7, 11) is 2.23. The summed E-state index contributed by atoms with van der Waals surface area (Å²) in [6, 6.07) is 0. The molecule has 1 atom stereocenters. The zero-order valence-corrected chi connectivity index (χ0v) is 12.7. The Balaban J connectivity index is 2.57. The van der Waals surface area contributed by atoms with Crippen LogP contribution < -0.4 is 5.73 Å². The van der Waals surface area contributed by atoms with Gasteiger partial charge < -0.3 is 10.5 Å². The van der Waals surface area contributed by atoms with Crippen LogP contribution in [0.3, 0.4) is 0 Å². The average Bonchev–Trinajstić information content (AvgIpc) is 3.15. The molecule has 0 aromatic rings. The van der Waals surface area contributed by atoms with Crippen LogP contribution in [0.25, 0.3) is 0 Å². The van der Waals surface area contributed by atoms with E-state index >= 15 is 0 Å². The Morgan fingerprint density at radius 1 is 1.39 bits per heavy atom. The molecular formula is C15H32N2O. The van der Waals surface area contributed by atoms with Crippen LogP contribution in [0.2, 0.25) is 0 Å². The molecule has 1 saturated carbocycles. The first-order valence-corrected chi connectivity index (χ1v) is 7.55. The number of nitrogens with two attached hydrogens (primary N) is 1. The first kappa shape index (κ1) is 15.9. The monoisotopic (exact) mass is 256 g/mol. The van der Waals surface area contributed by atoms with E-state index in [1.165, 1.54) is 25.7 Å². The van der Waals surface area contributed by atoms with E-state index in [2.05, 4.69) is 32.7 Å². The van der Waals surface area contributed by atoms with E-state index in [-0.39, 0.29) is 5.54 Å². The molecule has 1 rings (SSSR count). The molecule has 0 radical (unpaired) electrons. The predicted octanol–water partition coefficient (Wildman–Crippen LogP) is 2.50. The second kappa shape index (κ2) is 7.46. The fraction of sp³-hybridized carbons (Fsp3) is 1.00. The van der Waals surface area contributed by atoms with Crippen LogP contribution in [0.1, 0.15) is 46.5 Å². The third-order valence-electron chi connectivity index (χ3n) is 4.38. The summed E-state index contributed by atoms with van der Waals surface area (Å²) in [5, 5.41) is 0. The molecule has 0 aromatic carbocycles. The lowest BCUT2D eigenvalue weighted by atomic mass is 9.84. The molecule has 108 valence electrons. The van der Waals surface area contributed by atoms with Crippen molar-refractivity contribution in [3.05, 3.63) is 0 Å². The molecule has 1 aliphatic rings. The lowest BCUT2D eigenvalue weighted by Gasteiger charge is -2.42. The molecular weight excluding hydrogens is 224 g/mol. The molecule has 0 aromatic heterocycles. The topological polar surface area (TPSA) is 38.5 Å². The summed E-state index contributed by atoms with van der Waals surface area (Å²) in [4.78, 5) is 2.47. The van der Waals surface area contributed by atoms with E-state index in [4.69, 9.17) is 10.5 Å². The van der Waals surface area contributed by atoms with Crippen molar-refractivity contribution in [2.75, 3.05) is 33.4 Å². The molecule has 1 fully saturated rings. The number of nitrogens with zero attached hydrogens (tertiary/aromatic N) is 1. The largest absolute Gasteiger partial charge is 0.380 e. The maximum absolute atomic E-state index is 6.16. The minimum absolute atomic E-state index is 0.224. The van der Waals surface area contributed by atoms with Gasteiger partial charge in [0.15, 0.2) is 0 Å². The van der Waals surface area contributed by atoms with Crippen molar-refractivity contribution in [3.63, 3.8) is 0 Å². The lowest BCUT2D eigenvalue weighted by Crippen LogP contribution is -2.55. The average molecular weight is 256 g/mol. The van der Waals surface area contributed by atoms with Crippen molar-refractivity contribution < 1.29 is 4.74 Å². The Morgan fingerprint density at radius 2 is 2.06 bits per heavy atom. The van der Waals surface area contributed by atoms with Crippen molar-refractivity contribution in [2.24, 2.45) is 17.6 Å². The van der Waals surface area contributed by atoms with E-state index in [0.29, 0.717) is 0 Å². The van der Waals surface area contributed by atoms with Crippen LogP contribution >= 0.6 is 0 Å². The Morgan fingerprint density at radius 3 is 2.50 bits per heavy atom. The fourth-order valence-electron chi connectivity index (χ4n) is 2.86. The molecule has 1 aliphatic carbocycles. The van der Waals surface area contributed by atoms with Crippen molar-refractivity contribution >= 4 is 0 Å². The van der Waals surface area contributed by atoms with Gasteiger partial charge in [0, 0.05) is 25.2 Å². The van der Waals surface area contributed by atoms with Gasteiger partial charge in [0.25, 0.3) is 0 Å². The van der Waals surface area contributed by atoms with Gasteiger partial charge in [-0.05, 0) is 51.5 Å². The van der Waals surface area contributed by atoms with Gasteiger partial charge in [0.1, 0.15) is 0 Å². The van der Waals surface area contributed by atoms with E-state index in [1.54, 1.807) is 0 Å². The minimum atomic E-state index is 0.224. The highest BCUT2D eigenvalue weighted by molar-refractivity contribution is 5.02. The molecule has 3 heteroatoms. The predicted molar refractivity (Wildman–Crippen MR) is 77.7 cm³/mol. The number of likely N-dealkylation sites (N-methyl/N-ethyl adjacent to an activating group) is 1. The molecule has 0 bridgehead atoms. The van der Waals surface area contributed by atoms with Crippen LogP contribution in [-0.4, -0.2) is 43.8 Å². The fourth-order valence-corrected chi connectivity index (χ4v) is 2.86. The Labute approximate surface area is 113 Å². The SMILES string of the molecule is CCOCCN(C)C(CN)(CCC(C)C)C1CC1. The minimum Gasteiger partial charge on any atom is -0.380 e. The maximum atomic E-state index is 6.16. The Kier molecular flexibility index (Phi) is 6.61. The van der Waals surface area contributed by atoms with E-state index in [0.717, 1.165) is 38.1 Å². The standard InChI is InChI=1S/C15H32N2O/c1-5-18-11-10-17(4)15(12-16,14-6-7-14)9-8-13(2)3/h13-14H,5-12,16H2,1-4H3. The molecule has 0 amide bonds. The van der Waals surface area contributed by atoms with Crippen LogP contribution in [0.5, 0.6) is 0 Å². The first-order valence-electron chi connectivity index (χ1n) is 7.55. The van der Waals surface area contributed by atoms with Crippen molar-refractivity contribution in [3.8, 4) is 0 Å². The molecule has 0 heterocycles. The second-order valence-corrected chi connectivity index (χ2v) is 6.13. The van der Waals surface area contributed by atoms with Gasteiger partial charge in [-0.15, -0.1) is 0 Å². The highest BCUT2D eigenvalue weighted by Gasteiger charge is 2.46. The van der Waals surface area contributed by atoms with E-state index in [9.17, 15) is 0 Å². The number of rotatable bonds is 10. The van der Waals surface area contributed by atoms with E-state index in [1.807, 2.05) is 0 Å². The second-order valence-electron chi connectivity index (χ2n) is 6.13. The summed E-state index contributed by atoms with van der Waals surface area (Å²) in [5.74, 6) is 1.57. The van der Waals surface area contributed by atoms with Crippen molar-refractivity contribution in [2.45, 2.75) is 52.0 Å². The zero-order valence-electron chi connectivity index (χ0n) is 12.7. The Bertz CT molecular complexity index is 229. The third-order valence-corrected chi connectivity index (χ3v) is 4.38. The van der Waals surface area contributed by atoms with Gasteiger partial charge in [-0.25, -0.2) is 0 Å². The van der Waals surface area contributed by atoms with Crippen LogP contribution in [0.4, 0.5) is 0 Å². The number of hydrogen-bond donors (Lipinski definition) is 1. The summed E-state index contributed by atoms with van der Waals surface area (Å²) in [5.41, 5.74) is 6.38. The van der Waals surface area contributed by atoms with Gasteiger partial charge >= 0.3 is 0 Å². The maximum Gasteiger partial charge on any atom is 0.0593 e. The van der Waals surface area contributed by atoms with Crippen LogP contribution in [0.15, 0.2) is 0 Å². The molecule has 2 N–H and O–H groups in total. The summed E-state index contributed by atoms with van der Waals surface area (Å²) in [6.45, 7) is 10.1. The molecule has 0 aliphatic heterocycles.